The van der Waals surface area contributed by atoms with Crippen molar-refractivity contribution >= 4 is 28.1 Å². The number of nitrogens with zero attached hydrogens (tertiary/aromatic N) is 6. The first-order valence-electron chi connectivity index (χ1n) is 10.6. The molecule has 0 bridgehead atoms. The van der Waals surface area contributed by atoms with E-state index in [9.17, 15) is 10.1 Å². The second-order valence-electron chi connectivity index (χ2n) is 8.00. The molecular formula is C21H24N6O4. The van der Waals surface area contributed by atoms with E-state index in [0.29, 0.717) is 50.1 Å². The first kappa shape index (κ1) is 19.7. The van der Waals surface area contributed by atoms with Gasteiger partial charge >= 0.3 is 5.69 Å². The zero-order chi connectivity index (χ0) is 21.2. The van der Waals surface area contributed by atoms with Gasteiger partial charge in [-0.2, -0.15) is 0 Å². The highest BCUT2D eigenvalue weighted by Gasteiger charge is 2.33. The molecule has 0 atom stereocenters. The molecule has 3 heterocycles. The van der Waals surface area contributed by atoms with Gasteiger partial charge in [-0.25, -0.2) is 4.63 Å². The number of hydrogen-bond acceptors (Lipinski definition) is 9. The molecule has 162 valence electrons. The van der Waals surface area contributed by atoms with Crippen LogP contribution >= 0.6 is 0 Å². The van der Waals surface area contributed by atoms with E-state index in [4.69, 9.17) is 9.37 Å². The van der Waals surface area contributed by atoms with Crippen LogP contribution in [0.5, 0.6) is 0 Å². The van der Waals surface area contributed by atoms with Gasteiger partial charge in [-0.1, -0.05) is 12.8 Å². The first-order chi connectivity index (χ1) is 15.2. The Labute approximate surface area is 178 Å². The van der Waals surface area contributed by atoms with Crippen molar-refractivity contribution in [3.05, 3.63) is 46.3 Å². The summed E-state index contributed by atoms with van der Waals surface area (Å²) >= 11 is 0. The minimum Gasteiger partial charge on any atom is -0.378 e. The van der Waals surface area contributed by atoms with Crippen LogP contribution < -0.4 is 9.80 Å². The van der Waals surface area contributed by atoms with Crippen LogP contribution in [0.15, 0.2) is 35.2 Å². The highest BCUT2D eigenvalue weighted by molar-refractivity contribution is 6.00. The Kier molecular flexibility index (Phi) is 5.37. The van der Waals surface area contributed by atoms with Crippen LogP contribution in [0.1, 0.15) is 31.2 Å². The molecule has 1 aliphatic heterocycles. The maximum absolute atomic E-state index is 12.0. The van der Waals surface area contributed by atoms with Crippen molar-refractivity contribution in [3.8, 4) is 0 Å². The lowest BCUT2D eigenvalue weighted by atomic mass is 10.1. The van der Waals surface area contributed by atoms with Gasteiger partial charge in [0, 0.05) is 38.1 Å². The molecule has 1 aliphatic carbocycles. The Bertz CT molecular complexity index is 1060. The molecule has 0 unspecified atom stereocenters. The van der Waals surface area contributed by atoms with Gasteiger partial charge in [0.15, 0.2) is 5.52 Å². The number of fused-ring (bicyclic) bond motifs is 1. The van der Waals surface area contributed by atoms with E-state index in [2.05, 4.69) is 20.2 Å². The zero-order valence-electron chi connectivity index (χ0n) is 17.1. The SMILES string of the molecule is O=[N+]([O-])c1c(N2CCOCC2)cc(N(Cc2ccncc2)C2CCCC2)c2nonc12. The molecule has 0 radical (unpaired) electrons. The van der Waals surface area contributed by atoms with E-state index in [0.717, 1.165) is 24.1 Å². The number of pyridine rings is 1. The third kappa shape index (κ3) is 3.78. The number of hydrogen-bond donors (Lipinski definition) is 0. The van der Waals surface area contributed by atoms with E-state index in [1.165, 1.54) is 12.8 Å². The van der Waals surface area contributed by atoms with Crippen LogP contribution in [-0.2, 0) is 11.3 Å². The fraction of sp³-hybridized carbons (Fsp3) is 0.476. The number of morpholine rings is 1. The standard InChI is InChI=1S/C21H24N6O4/c28-27(29)21-18(25-9-11-30-12-10-25)13-17(19-20(21)24-31-23-19)26(16-3-1-2-4-16)14-15-5-7-22-8-6-15/h5-8,13,16H,1-4,9-12,14H2. The average molecular weight is 424 g/mol. The second kappa shape index (κ2) is 8.46. The molecule has 2 aliphatic rings. The molecule has 0 N–H and O–H groups in total. The van der Waals surface area contributed by atoms with Crippen molar-refractivity contribution in [3.63, 3.8) is 0 Å². The summed E-state index contributed by atoms with van der Waals surface area (Å²) in [4.78, 5) is 20.1. The number of rotatable bonds is 6. The molecule has 5 rings (SSSR count). The van der Waals surface area contributed by atoms with Crippen LogP contribution in [0.3, 0.4) is 0 Å². The summed E-state index contributed by atoms with van der Waals surface area (Å²) < 4.78 is 10.5. The summed E-state index contributed by atoms with van der Waals surface area (Å²) in [5.41, 5.74) is 3.07. The molecule has 0 spiro atoms. The molecule has 3 aromatic rings. The summed E-state index contributed by atoms with van der Waals surface area (Å²) in [7, 11) is 0. The normalized spacial score (nSPS) is 17.4. The highest BCUT2D eigenvalue weighted by atomic mass is 16.6. The molecule has 0 amide bonds. The topological polar surface area (TPSA) is 111 Å². The molecule has 2 aromatic heterocycles. The largest absolute Gasteiger partial charge is 0.378 e. The Morgan fingerprint density at radius 2 is 1.84 bits per heavy atom. The van der Waals surface area contributed by atoms with Crippen LogP contribution in [0, 0.1) is 10.1 Å². The highest BCUT2D eigenvalue weighted by Crippen LogP contribution is 2.42. The lowest BCUT2D eigenvalue weighted by Crippen LogP contribution is -2.37. The van der Waals surface area contributed by atoms with Crippen molar-refractivity contribution < 1.29 is 14.3 Å². The number of nitro benzene ring substituents is 1. The Morgan fingerprint density at radius 1 is 1.13 bits per heavy atom. The minimum atomic E-state index is -0.385. The maximum Gasteiger partial charge on any atom is 0.323 e. The Hall–Kier alpha value is -3.27. The average Bonchev–Trinajstić information content (AvgIpc) is 3.50. The molecule has 1 saturated heterocycles. The summed E-state index contributed by atoms with van der Waals surface area (Å²) in [5.74, 6) is 0. The summed E-state index contributed by atoms with van der Waals surface area (Å²) in [5, 5.41) is 20.1. The first-order valence-corrected chi connectivity index (χ1v) is 10.6. The van der Waals surface area contributed by atoms with Crippen molar-refractivity contribution in [1.82, 2.24) is 15.3 Å². The van der Waals surface area contributed by atoms with Gasteiger partial charge in [0.25, 0.3) is 0 Å². The van der Waals surface area contributed by atoms with Gasteiger partial charge in [0.2, 0.25) is 5.52 Å². The van der Waals surface area contributed by atoms with E-state index >= 15 is 0 Å². The molecule has 10 nitrogen and oxygen atoms in total. The quantitative estimate of drug-likeness (QED) is 0.434. The second-order valence-corrected chi connectivity index (χ2v) is 8.00. The van der Waals surface area contributed by atoms with Crippen LogP contribution in [0.2, 0.25) is 0 Å². The van der Waals surface area contributed by atoms with E-state index in [-0.39, 0.29) is 16.1 Å². The monoisotopic (exact) mass is 424 g/mol. The van der Waals surface area contributed by atoms with Gasteiger partial charge in [-0.3, -0.25) is 15.1 Å². The number of benzene rings is 1. The van der Waals surface area contributed by atoms with Crippen molar-refractivity contribution in [1.29, 1.82) is 0 Å². The fourth-order valence-corrected chi connectivity index (χ4v) is 4.66. The van der Waals surface area contributed by atoms with E-state index in [1.54, 1.807) is 12.4 Å². The van der Waals surface area contributed by atoms with Crippen molar-refractivity contribution in [2.75, 3.05) is 36.1 Å². The molecule has 2 fully saturated rings. The molecular weight excluding hydrogens is 400 g/mol. The number of ether oxygens (including phenoxy) is 1. The summed E-state index contributed by atoms with van der Waals surface area (Å²) in [6.07, 6.45) is 8.04. The maximum atomic E-state index is 12.0. The third-order valence-electron chi connectivity index (χ3n) is 6.18. The van der Waals surface area contributed by atoms with Crippen LogP contribution in [0.4, 0.5) is 17.1 Å². The Balaban J connectivity index is 1.66. The number of nitro groups is 1. The lowest BCUT2D eigenvalue weighted by Gasteiger charge is -2.33. The van der Waals surface area contributed by atoms with E-state index < -0.39 is 0 Å². The van der Waals surface area contributed by atoms with Crippen molar-refractivity contribution in [2.24, 2.45) is 0 Å². The minimum absolute atomic E-state index is 0.0582. The predicted octanol–water partition coefficient (Wildman–Crippen LogP) is 3.31. The van der Waals surface area contributed by atoms with Crippen molar-refractivity contribution in [2.45, 2.75) is 38.3 Å². The van der Waals surface area contributed by atoms with Gasteiger partial charge < -0.3 is 14.5 Å². The van der Waals surface area contributed by atoms with Gasteiger partial charge in [-0.15, -0.1) is 0 Å². The predicted molar refractivity (Wildman–Crippen MR) is 114 cm³/mol. The smallest absolute Gasteiger partial charge is 0.323 e. The fourth-order valence-electron chi connectivity index (χ4n) is 4.66. The molecule has 31 heavy (non-hydrogen) atoms. The molecule has 1 saturated carbocycles. The number of aromatic nitrogens is 3. The molecule has 10 heteroatoms. The van der Waals surface area contributed by atoms with Gasteiger partial charge in [0.05, 0.1) is 23.8 Å². The lowest BCUT2D eigenvalue weighted by molar-refractivity contribution is -0.382. The zero-order valence-corrected chi connectivity index (χ0v) is 17.1. The number of anilines is 2. The summed E-state index contributed by atoms with van der Waals surface area (Å²) in [6, 6.07) is 6.21. The van der Waals surface area contributed by atoms with Gasteiger partial charge in [0.1, 0.15) is 5.69 Å². The molecule has 1 aromatic carbocycles. The third-order valence-corrected chi connectivity index (χ3v) is 6.18. The van der Waals surface area contributed by atoms with Crippen LogP contribution in [0.25, 0.3) is 11.0 Å². The van der Waals surface area contributed by atoms with Crippen LogP contribution in [-0.4, -0.2) is 52.6 Å². The van der Waals surface area contributed by atoms with Gasteiger partial charge in [-0.05, 0) is 46.9 Å². The Morgan fingerprint density at radius 3 is 2.55 bits per heavy atom. The van der Waals surface area contributed by atoms with E-state index in [1.807, 2.05) is 23.1 Å². The summed E-state index contributed by atoms with van der Waals surface area (Å²) in [6.45, 7) is 2.90.